The maximum atomic E-state index is 12.2. The molecule has 1 aromatic heterocycles. The first-order chi connectivity index (χ1) is 11.0. The van der Waals surface area contributed by atoms with Crippen molar-refractivity contribution < 1.29 is 9.53 Å². The van der Waals surface area contributed by atoms with Crippen LogP contribution in [0.15, 0.2) is 41.3 Å². The van der Waals surface area contributed by atoms with Crippen LogP contribution in [0.3, 0.4) is 0 Å². The zero-order chi connectivity index (χ0) is 16.8. The molecule has 1 N–H and O–H groups in total. The summed E-state index contributed by atoms with van der Waals surface area (Å²) in [5.41, 5.74) is 0.0453. The highest BCUT2D eigenvalue weighted by molar-refractivity contribution is 6.43. The largest absolute Gasteiger partial charge is 0.488 e. The van der Waals surface area contributed by atoms with Crippen molar-refractivity contribution in [1.29, 1.82) is 0 Å². The number of nitrogens with one attached hydrogen (secondary N) is 1. The van der Waals surface area contributed by atoms with Gasteiger partial charge in [-0.1, -0.05) is 36.2 Å². The highest BCUT2D eigenvalue weighted by Gasteiger charge is 2.11. The highest BCUT2D eigenvalue weighted by atomic mass is 35.5. The Morgan fingerprint density at radius 2 is 2.04 bits per heavy atom. The van der Waals surface area contributed by atoms with E-state index in [1.54, 1.807) is 30.3 Å². The van der Waals surface area contributed by atoms with Gasteiger partial charge in [0.15, 0.2) is 5.75 Å². The lowest BCUT2D eigenvalue weighted by Crippen LogP contribution is -2.28. The van der Waals surface area contributed by atoms with E-state index in [1.807, 2.05) is 6.92 Å². The Balaban J connectivity index is 2.11. The molecule has 7 heteroatoms. The van der Waals surface area contributed by atoms with Gasteiger partial charge in [-0.15, -0.1) is 0 Å². The molecule has 1 heterocycles. The molecular weight excluding hydrogens is 339 g/mol. The van der Waals surface area contributed by atoms with E-state index in [0.717, 1.165) is 6.42 Å². The van der Waals surface area contributed by atoms with Gasteiger partial charge in [0.25, 0.3) is 5.56 Å². The minimum absolute atomic E-state index is 0.148. The van der Waals surface area contributed by atoms with Gasteiger partial charge >= 0.3 is 0 Å². The predicted octanol–water partition coefficient (Wildman–Crippen LogP) is 3.58. The molecule has 0 unspecified atom stereocenters. The molecule has 2 aromatic rings. The fourth-order valence-corrected chi connectivity index (χ4v) is 2.25. The second-order valence-electron chi connectivity index (χ2n) is 4.80. The van der Waals surface area contributed by atoms with E-state index in [0.29, 0.717) is 17.3 Å². The third-order valence-corrected chi connectivity index (χ3v) is 3.81. The predicted molar refractivity (Wildman–Crippen MR) is 91.6 cm³/mol. The number of hydrogen-bond acceptors (Lipinski definition) is 3. The molecule has 0 atom stereocenters. The summed E-state index contributed by atoms with van der Waals surface area (Å²) in [5.74, 6) is -0.160. The molecule has 122 valence electrons. The lowest BCUT2D eigenvalue weighted by atomic mass is 10.3. The lowest BCUT2D eigenvalue weighted by molar-refractivity contribution is -0.116. The molecule has 2 rings (SSSR count). The van der Waals surface area contributed by atoms with Crippen molar-refractivity contribution in [2.24, 2.45) is 0 Å². The van der Waals surface area contributed by atoms with Crippen molar-refractivity contribution in [3.8, 4) is 5.75 Å². The zero-order valence-corrected chi connectivity index (χ0v) is 14.0. The SMILES string of the molecule is CCCOc1cccn(CC(=O)Nc2cccc(Cl)c2Cl)c1=O. The average Bonchev–Trinajstić information content (AvgIpc) is 2.53. The first kappa shape index (κ1) is 17.4. The van der Waals surface area contributed by atoms with E-state index in [2.05, 4.69) is 5.32 Å². The first-order valence-corrected chi connectivity index (χ1v) is 7.84. The van der Waals surface area contributed by atoms with Crippen LogP contribution in [0, 0.1) is 0 Å². The van der Waals surface area contributed by atoms with Gasteiger partial charge in [-0.25, -0.2) is 0 Å². The van der Waals surface area contributed by atoms with Crippen molar-refractivity contribution in [3.05, 3.63) is 56.9 Å². The van der Waals surface area contributed by atoms with E-state index in [9.17, 15) is 9.59 Å². The monoisotopic (exact) mass is 354 g/mol. The van der Waals surface area contributed by atoms with E-state index in [-0.39, 0.29) is 28.8 Å². The number of pyridine rings is 1. The summed E-state index contributed by atoms with van der Waals surface area (Å²) in [5, 5.41) is 3.24. The van der Waals surface area contributed by atoms with Crippen LogP contribution in [0.25, 0.3) is 0 Å². The molecule has 0 aliphatic carbocycles. The summed E-state index contributed by atoms with van der Waals surface area (Å²) in [6, 6.07) is 8.18. The second-order valence-corrected chi connectivity index (χ2v) is 5.59. The maximum Gasteiger partial charge on any atom is 0.293 e. The fraction of sp³-hybridized carbons (Fsp3) is 0.250. The number of hydrogen-bond donors (Lipinski definition) is 1. The van der Waals surface area contributed by atoms with E-state index in [4.69, 9.17) is 27.9 Å². The molecule has 1 amide bonds. The standard InChI is InChI=1S/C16H16Cl2N2O3/c1-2-9-23-13-7-4-8-20(16(13)22)10-14(21)19-12-6-3-5-11(17)15(12)18/h3-8H,2,9-10H2,1H3,(H,19,21). The first-order valence-electron chi connectivity index (χ1n) is 7.09. The van der Waals surface area contributed by atoms with Crippen molar-refractivity contribution in [2.45, 2.75) is 19.9 Å². The number of halogens is 2. The number of rotatable bonds is 6. The molecule has 0 saturated carbocycles. The molecule has 0 saturated heterocycles. The average molecular weight is 355 g/mol. The lowest BCUT2D eigenvalue weighted by Gasteiger charge is -2.11. The Labute approximate surface area is 143 Å². The molecule has 0 spiro atoms. The fourth-order valence-electron chi connectivity index (χ4n) is 1.91. The van der Waals surface area contributed by atoms with Gasteiger partial charge in [0.1, 0.15) is 6.54 Å². The molecule has 0 fully saturated rings. The van der Waals surface area contributed by atoms with Gasteiger partial charge in [0, 0.05) is 6.20 Å². The van der Waals surface area contributed by atoms with Crippen LogP contribution in [0.4, 0.5) is 5.69 Å². The Bertz CT molecular complexity index is 759. The van der Waals surface area contributed by atoms with Gasteiger partial charge in [0.05, 0.1) is 22.3 Å². The molecular formula is C16H16Cl2N2O3. The maximum absolute atomic E-state index is 12.2. The smallest absolute Gasteiger partial charge is 0.293 e. The van der Waals surface area contributed by atoms with Crippen LogP contribution in [-0.2, 0) is 11.3 Å². The summed E-state index contributed by atoms with van der Waals surface area (Å²) in [4.78, 5) is 24.3. The Hall–Kier alpha value is -1.98. The van der Waals surface area contributed by atoms with Crippen LogP contribution in [0.5, 0.6) is 5.75 Å². The van der Waals surface area contributed by atoms with Crippen molar-refractivity contribution >= 4 is 34.8 Å². The van der Waals surface area contributed by atoms with Crippen LogP contribution in [0.2, 0.25) is 10.0 Å². The third kappa shape index (κ3) is 4.50. The van der Waals surface area contributed by atoms with Gasteiger partial charge < -0.3 is 14.6 Å². The molecule has 0 radical (unpaired) electrons. The molecule has 5 nitrogen and oxygen atoms in total. The third-order valence-electron chi connectivity index (χ3n) is 2.99. The minimum Gasteiger partial charge on any atom is -0.488 e. The van der Waals surface area contributed by atoms with Crippen LogP contribution < -0.4 is 15.6 Å². The normalized spacial score (nSPS) is 10.4. The summed E-state index contributed by atoms with van der Waals surface area (Å²) >= 11 is 11.9. The summed E-state index contributed by atoms with van der Waals surface area (Å²) in [7, 11) is 0. The minimum atomic E-state index is -0.385. The number of benzene rings is 1. The zero-order valence-electron chi connectivity index (χ0n) is 12.5. The van der Waals surface area contributed by atoms with E-state index < -0.39 is 0 Å². The number of carbonyl (C=O) groups is 1. The molecule has 1 aromatic carbocycles. The Kier molecular flexibility index (Phi) is 6.07. The number of nitrogens with zero attached hydrogens (tertiary/aromatic N) is 1. The number of ether oxygens (including phenoxy) is 1. The Morgan fingerprint density at radius 3 is 2.78 bits per heavy atom. The van der Waals surface area contributed by atoms with E-state index >= 15 is 0 Å². The topological polar surface area (TPSA) is 60.3 Å². The van der Waals surface area contributed by atoms with Crippen molar-refractivity contribution in [2.75, 3.05) is 11.9 Å². The van der Waals surface area contributed by atoms with Crippen LogP contribution in [-0.4, -0.2) is 17.1 Å². The van der Waals surface area contributed by atoms with Crippen molar-refractivity contribution in [1.82, 2.24) is 4.57 Å². The number of aromatic nitrogens is 1. The highest BCUT2D eigenvalue weighted by Crippen LogP contribution is 2.29. The van der Waals surface area contributed by atoms with E-state index in [1.165, 1.54) is 10.8 Å². The van der Waals surface area contributed by atoms with Crippen LogP contribution in [0.1, 0.15) is 13.3 Å². The molecule has 0 aliphatic rings. The summed E-state index contributed by atoms with van der Waals surface area (Å²) in [6.07, 6.45) is 2.32. The number of amides is 1. The van der Waals surface area contributed by atoms with Gasteiger partial charge in [-0.05, 0) is 30.7 Å². The summed E-state index contributed by atoms with van der Waals surface area (Å²) < 4.78 is 6.63. The second kappa shape index (κ2) is 8.04. The summed E-state index contributed by atoms with van der Waals surface area (Å²) in [6.45, 7) is 2.25. The van der Waals surface area contributed by atoms with Gasteiger partial charge in [-0.3, -0.25) is 9.59 Å². The molecule has 23 heavy (non-hydrogen) atoms. The number of carbonyl (C=O) groups excluding carboxylic acids is 1. The van der Waals surface area contributed by atoms with Crippen molar-refractivity contribution in [3.63, 3.8) is 0 Å². The quantitative estimate of drug-likeness (QED) is 0.862. The molecule has 0 aliphatic heterocycles. The van der Waals surface area contributed by atoms with Crippen LogP contribution >= 0.6 is 23.2 Å². The van der Waals surface area contributed by atoms with Gasteiger partial charge in [0.2, 0.25) is 5.91 Å². The molecule has 0 bridgehead atoms. The number of anilines is 1. The Morgan fingerprint density at radius 1 is 1.26 bits per heavy atom. The van der Waals surface area contributed by atoms with Gasteiger partial charge in [-0.2, -0.15) is 0 Å².